The van der Waals surface area contributed by atoms with Gasteiger partial charge in [0, 0.05) is 18.8 Å². The van der Waals surface area contributed by atoms with Crippen molar-refractivity contribution in [1.29, 1.82) is 0 Å². The highest BCUT2D eigenvalue weighted by Crippen LogP contribution is 2.47. The fraction of sp³-hybridized carbons (Fsp3) is 0.742. The van der Waals surface area contributed by atoms with E-state index in [1.54, 1.807) is 24.3 Å². The zero-order valence-corrected chi connectivity index (χ0v) is 24.9. The van der Waals surface area contributed by atoms with Gasteiger partial charge in [-0.1, -0.05) is 57.6 Å². The van der Waals surface area contributed by atoms with Crippen molar-refractivity contribution in [3.63, 3.8) is 0 Å². The minimum absolute atomic E-state index is 0.0833. The Hall–Kier alpha value is -2.24. The van der Waals surface area contributed by atoms with Crippen LogP contribution < -0.4 is 5.32 Å². The van der Waals surface area contributed by atoms with E-state index in [0.29, 0.717) is 24.4 Å². The van der Waals surface area contributed by atoms with Crippen molar-refractivity contribution in [1.82, 2.24) is 4.90 Å². The van der Waals surface area contributed by atoms with Gasteiger partial charge in [-0.15, -0.1) is 0 Å². The van der Waals surface area contributed by atoms with Gasteiger partial charge >= 0.3 is 12.1 Å². The lowest BCUT2D eigenvalue weighted by atomic mass is 10.0. The molecule has 0 radical (unpaired) electrons. The Morgan fingerprint density at radius 2 is 1.73 bits per heavy atom. The number of hydrogen-bond acceptors (Lipinski definition) is 8. The van der Waals surface area contributed by atoms with Crippen LogP contribution in [0.1, 0.15) is 84.1 Å². The minimum atomic E-state index is -1.17. The third-order valence-electron chi connectivity index (χ3n) is 7.91. The lowest BCUT2D eigenvalue weighted by Gasteiger charge is -2.31. The summed E-state index contributed by atoms with van der Waals surface area (Å²) < 4.78 is 31.5. The maximum absolute atomic E-state index is 13.1. The molecule has 0 saturated carbocycles. The van der Waals surface area contributed by atoms with Gasteiger partial charge in [0.25, 0.3) is 0 Å². The van der Waals surface area contributed by atoms with Gasteiger partial charge in [-0.2, -0.15) is 0 Å². The van der Waals surface area contributed by atoms with Crippen LogP contribution in [0.15, 0.2) is 24.3 Å². The summed E-state index contributed by atoms with van der Waals surface area (Å²) in [6.07, 6.45) is 7.87. The van der Waals surface area contributed by atoms with Crippen molar-refractivity contribution in [3.8, 4) is 0 Å². The van der Waals surface area contributed by atoms with E-state index < -0.39 is 41.9 Å². The van der Waals surface area contributed by atoms with E-state index in [0.717, 1.165) is 38.8 Å². The van der Waals surface area contributed by atoms with Crippen molar-refractivity contribution < 1.29 is 38.4 Å². The second-order valence-electron chi connectivity index (χ2n) is 12.0. The Morgan fingerprint density at radius 3 is 2.41 bits per heavy atom. The third-order valence-corrected chi connectivity index (χ3v) is 7.91. The molecule has 1 amide bonds. The van der Waals surface area contributed by atoms with E-state index in [9.17, 15) is 9.59 Å². The minimum Gasteiger partial charge on any atom is -0.481 e. The first-order chi connectivity index (χ1) is 19.7. The lowest BCUT2D eigenvalue weighted by Crippen LogP contribution is -2.46. The van der Waals surface area contributed by atoms with Crippen LogP contribution in [-0.2, 0) is 34.9 Å². The average Bonchev–Trinajstić information content (AvgIpc) is 3.16. The highest BCUT2D eigenvalue weighted by atomic mass is 16.9. The number of carbonyl (C=O) groups excluding carboxylic acids is 1. The van der Waals surface area contributed by atoms with Crippen molar-refractivity contribution >= 4 is 17.7 Å². The number of carboxylic acids is 1. The molecule has 41 heavy (non-hydrogen) atoms. The number of nitrogens with one attached hydrogen (secondary N) is 1. The fourth-order valence-corrected chi connectivity index (χ4v) is 5.99. The summed E-state index contributed by atoms with van der Waals surface area (Å²) in [4.78, 5) is 26.5. The summed E-state index contributed by atoms with van der Waals surface area (Å²) >= 11 is 0. The summed E-state index contributed by atoms with van der Waals surface area (Å²) in [6.45, 7) is 9.21. The summed E-state index contributed by atoms with van der Waals surface area (Å²) in [5.41, 5.74) is 1.15. The van der Waals surface area contributed by atoms with Crippen molar-refractivity contribution in [2.75, 3.05) is 38.2 Å². The van der Waals surface area contributed by atoms with Crippen LogP contribution in [0.3, 0.4) is 0 Å². The molecule has 10 heteroatoms. The number of fused-ring (bicyclic) bond motifs is 1. The number of amides is 1. The molecule has 230 valence electrons. The molecule has 0 aromatic heterocycles. The van der Waals surface area contributed by atoms with Gasteiger partial charge in [0.15, 0.2) is 18.0 Å². The molecule has 3 saturated heterocycles. The number of rotatable bonds is 14. The van der Waals surface area contributed by atoms with Crippen LogP contribution in [0, 0.1) is 0 Å². The summed E-state index contributed by atoms with van der Waals surface area (Å²) in [7, 11) is 0. The molecule has 1 aromatic carbocycles. The number of carboxylic acid groups (broad SMARTS) is 1. The predicted octanol–water partition coefficient (Wildman–Crippen LogP) is 5.34. The molecule has 4 atom stereocenters. The van der Waals surface area contributed by atoms with Crippen LogP contribution in [-0.4, -0.2) is 84.8 Å². The van der Waals surface area contributed by atoms with Gasteiger partial charge in [0.1, 0.15) is 12.7 Å². The zero-order chi connectivity index (χ0) is 29.3. The van der Waals surface area contributed by atoms with E-state index in [2.05, 4.69) is 17.1 Å². The quantitative estimate of drug-likeness (QED) is 0.283. The van der Waals surface area contributed by atoms with E-state index in [4.69, 9.17) is 28.8 Å². The summed E-state index contributed by atoms with van der Waals surface area (Å²) in [6, 6.07) is 6.67. The number of benzene rings is 1. The Morgan fingerprint density at radius 1 is 1.02 bits per heavy atom. The topological polar surface area (TPSA) is 116 Å². The predicted molar refractivity (Wildman–Crippen MR) is 154 cm³/mol. The van der Waals surface area contributed by atoms with Crippen LogP contribution in [0.2, 0.25) is 0 Å². The zero-order valence-electron chi connectivity index (χ0n) is 24.9. The van der Waals surface area contributed by atoms with Crippen LogP contribution in [0.25, 0.3) is 0 Å². The Bertz CT molecular complexity index is 979. The summed E-state index contributed by atoms with van der Waals surface area (Å²) in [5, 5.41) is 11.8. The first-order valence-corrected chi connectivity index (χ1v) is 15.3. The van der Waals surface area contributed by atoms with Crippen molar-refractivity contribution in [2.24, 2.45) is 0 Å². The van der Waals surface area contributed by atoms with Gasteiger partial charge < -0.3 is 33.7 Å². The fourth-order valence-electron chi connectivity index (χ4n) is 5.99. The number of aliphatic carboxylic acids is 1. The molecule has 3 aliphatic heterocycles. The largest absolute Gasteiger partial charge is 0.481 e. The molecule has 0 aliphatic carbocycles. The molecule has 3 aliphatic rings. The first kappa shape index (κ1) is 31.7. The highest BCUT2D eigenvalue weighted by Gasteiger charge is 2.66. The van der Waals surface area contributed by atoms with Gasteiger partial charge in [-0.3, -0.25) is 10.1 Å². The van der Waals surface area contributed by atoms with E-state index in [-0.39, 0.29) is 13.0 Å². The second kappa shape index (κ2) is 14.8. The molecule has 1 aromatic rings. The molecule has 2 N–H and O–H groups in total. The highest BCUT2D eigenvalue weighted by molar-refractivity contribution is 5.85. The number of ether oxygens (including phenoxy) is 5. The smallest absolute Gasteiger partial charge is 0.412 e. The standard InChI is InChI=1S/C31H48N2O8/c1-4-5-6-9-12-19-37-22-31-28(40-30(2,3)41-31)27(25(39-31)21-33-17-10-7-8-11-18-33)38-29(36)32-24-15-13-23(14-16-24)20-26(34)35/h13-16,25,27-28H,4-12,17-22H2,1-3H3,(H,32,36)(H,34,35)/t25-,27+,28-,31-/m0/s1. The van der Waals surface area contributed by atoms with E-state index in [1.807, 2.05) is 13.8 Å². The molecule has 0 spiro atoms. The molecule has 0 unspecified atom stereocenters. The van der Waals surface area contributed by atoms with Gasteiger partial charge in [-0.05, 0) is 63.9 Å². The Balaban J connectivity index is 1.45. The molecular weight excluding hydrogens is 528 g/mol. The maximum Gasteiger partial charge on any atom is 0.412 e. The van der Waals surface area contributed by atoms with Crippen LogP contribution in [0.5, 0.6) is 0 Å². The number of anilines is 1. The van der Waals surface area contributed by atoms with Crippen LogP contribution in [0.4, 0.5) is 10.5 Å². The number of nitrogens with zero attached hydrogens (tertiary/aromatic N) is 1. The van der Waals surface area contributed by atoms with Gasteiger partial charge in [0.05, 0.1) is 6.42 Å². The molecule has 3 fully saturated rings. The maximum atomic E-state index is 13.1. The SMILES string of the molecule is CCCCCCCOC[C@@]12O[C@@H](CN3CCCCCC3)[C@@H](OC(=O)Nc3ccc(CC(=O)O)cc3)[C@@H]1OC(C)(C)O2. The summed E-state index contributed by atoms with van der Waals surface area (Å²) in [5.74, 6) is -3.01. The molecule has 0 bridgehead atoms. The molecule has 10 nitrogen and oxygen atoms in total. The monoisotopic (exact) mass is 576 g/mol. The van der Waals surface area contributed by atoms with Crippen molar-refractivity contribution in [2.45, 2.75) is 115 Å². The molecule has 3 heterocycles. The first-order valence-electron chi connectivity index (χ1n) is 15.3. The van der Waals surface area contributed by atoms with Gasteiger partial charge in [0.2, 0.25) is 5.79 Å². The lowest BCUT2D eigenvalue weighted by molar-refractivity contribution is -0.279. The Labute approximate surface area is 244 Å². The van der Waals surface area contributed by atoms with Crippen molar-refractivity contribution in [3.05, 3.63) is 29.8 Å². The van der Waals surface area contributed by atoms with E-state index >= 15 is 0 Å². The second-order valence-corrected chi connectivity index (χ2v) is 12.0. The normalized spacial score (nSPS) is 27.7. The van der Waals surface area contributed by atoms with E-state index in [1.165, 1.54) is 32.1 Å². The Kier molecular flexibility index (Phi) is 11.4. The van der Waals surface area contributed by atoms with Gasteiger partial charge in [-0.25, -0.2) is 4.79 Å². The number of hydrogen-bond donors (Lipinski definition) is 2. The number of unbranched alkanes of at least 4 members (excludes halogenated alkanes) is 4. The van der Waals surface area contributed by atoms with Crippen LogP contribution >= 0.6 is 0 Å². The number of likely N-dealkylation sites (tertiary alicyclic amines) is 1. The molecule has 4 rings (SSSR count). The third kappa shape index (κ3) is 9.12. The molecular formula is C31H48N2O8. The number of carbonyl (C=O) groups is 2. The average molecular weight is 577 g/mol.